The zero-order chi connectivity index (χ0) is 12.7. The van der Waals surface area contributed by atoms with Gasteiger partial charge in [0.1, 0.15) is 5.75 Å². The Morgan fingerprint density at radius 2 is 1.82 bits per heavy atom. The van der Waals surface area contributed by atoms with Crippen molar-refractivity contribution < 1.29 is 23.0 Å². The fourth-order valence-electron chi connectivity index (χ4n) is 1.38. The largest absolute Gasteiger partial charge is 0.493 e. The van der Waals surface area contributed by atoms with Crippen LogP contribution in [-0.4, -0.2) is 17.9 Å². The number of aliphatic hydroxyl groups excluding tert-OH is 1. The van der Waals surface area contributed by atoms with Crippen molar-refractivity contribution >= 4 is 0 Å². The number of para-hydroxylation sites is 1. The van der Waals surface area contributed by atoms with Gasteiger partial charge in [0.15, 0.2) is 0 Å². The first-order valence-electron chi connectivity index (χ1n) is 5.41. The van der Waals surface area contributed by atoms with Gasteiger partial charge in [-0.05, 0) is 18.9 Å². The Morgan fingerprint density at radius 1 is 1.12 bits per heavy atom. The topological polar surface area (TPSA) is 29.5 Å². The van der Waals surface area contributed by atoms with Crippen molar-refractivity contribution in [2.45, 2.75) is 32.0 Å². The van der Waals surface area contributed by atoms with Crippen LogP contribution in [-0.2, 0) is 6.61 Å². The highest BCUT2D eigenvalue weighted by atomic mass is 19.4. The Labute approximate surface area is 98.0 Å². The fourth-order valence-corrected chi connectivity index (χ4v) is 1.38. The van der Waals surface area contributed by atoms with E-state index in [-0.39, 0.29) is 19.6 Å². The molecule has 0 bridgehead atoms. The van der Waals surface area contributed by atoms with Gasteiger partial charge in [-0.2, -0.15) is 13.2 Å². The molecule has 0 heterocycles. The van der Waals surface area contributed by atoms with E-state index in [0.717, 1.165) is 0 Å². The van der Waals surface area contributed by atoms with Gasteiger partial charge in [0.05, 0.1) is 13.2 Å². The summed E-state index contributed by atoms with van der Waals surface area (Å²) in [5.41, 5.74) is 0.642. The average molecular weight is 248 g/mol. The molecule has 1 aromatic rings. The first-order valence-corrected chi connectivity index (χ1v) is 5.41. The summed E-state index contributed by atoms with van der Waals surface area (Å²) in [5, 5.41) is 9.00. The second kappa shape index (κ2) is 6.49. The first-order chi connectivity index (χ1) is 8.03. The molecule has 0 aliphatic rings. The van der Waals surface area contributed by atoms with Gasteiger partial charge in [-0.25, -0.2) is 0 Å². The van der Waals surface area contributed by atoms with E-state index in [4.69, 9.17) is 9.84 Å². The molecular formula is C12H15F3O2. The van der Waals surface area contributed by atoms with E-state index < -0.39 is 12.6 Å². The highest BCUT2D eigenvalue weighted by Gasteiger charge is 2.25. The van der Waals surface area contributed by atoms with Crippen LogP contribution in [0.4, 0.5) is 13.2 Å². The molecule has 5 heteroatoms. The molecule has 0 saturated carbocycles. The van der Waals surface area contributed by atoms with Crippen LogP contribution in [0.5, 0.6) is 5.75 Å². The van der Waals surface area contributed by atoms with Crippen LogP contribution in [0.2, 0.25) is 0 Å². The van der Waals surface area contributed by atoms with E-state index in [1.807, 2.05) is 0 Å². The van der Waals surface area contributed by atoms with Crippen molar-refractivity contribution in [3.05, 3.63) is 29.8 Å². The molecule has 96 valence electrons. The zero-order valence-electron chi connectivity index (χ0n) is 9.33. The minimum Gasteiger partial charge on any atom is -0.493 e. The van der Waals surface area contributed by atoms with Crippen LogP contribution in [0.1, 0.15) is 24.8 Å². The first kappa shape index (κ1) is 13.8. The van der Waals surface area contributed by atoms with Gasteiger partial charge in [0.25, 0.3) is 0 Å². The SMILES string of the molecule is OCc1ccccc1OCCCCC(F)(F)F. The second-order valence-corrected chi connectivity index (χ2v) is 3.69. The lowest BCUT2D eigenvalue weighted by Crippen LogP contribution is -2.08. The summed E-state index contributed by atoms with van der Waals surface area (Å²) in [6, 6.07) is 6.92. The maximum absolute atomic E-state index is 11.9. The molecule has 0 aromatic heterocycles. The number of benzene rings is 1. The lowest BCUT2D eigenvalue weighted by molar-refractivity contribution is -0.135. The maximum Gasteiger partial charge on any atom is 0.389 e. The minimum atomic E-state index is -4.09. The Kier molecular flexibility index (Phi) is 5.28. The summed E-state index contributed by atoms with van der Waals surface area (Å²) in [7, 11) is 0. The van der Waals surface area contributed by atoms with Gasteiger partial charge in [-0.15, -0.1) is 0 Å². The molecule has 17 heavy (non-hydrogen) atoms. The molecule has 0 radical (unpaired) electrons. The molecular weight excluding hydrogens is 233 g/mol. The number of halogens is 3. The Balaban J connectivity index is 2.27. The van der Waals surface area contributed by atoms with Gasteiger partial charge < -0.3 is 9.84 Å². The number of alkyl halides is 3. The summed E-state index contributed by atoms with van der Waals surface area (Å²) < 4.78 is 40.9. The van der Waals surface area contributed by atoms with Crippen LogP contribution in [0.25, 0.3) is 0 Å². The van der Waals surface area contributed by atoms with E-state index in [2.05, 4.69) is 0 Å². The van der Waals surface area contributed by atoms with E-state index in [0.29, 0.717) is 17.7 Å². The highest BCUT2D eigenvalue weighted by molar-refractivity contribution is 5.32. The number of unbranched alkanes of at least 4 members (excludes halogenated alkanes) is 1. The van der Waals surface area contributed by atoms with Gasteiger partial charge in [0, 0.05) is 12.0 Å². The van der Waals surface area contributed by atoms with E-state index in [1.165, 1.54) is 0 Å². The van der Waals surface area contributed by atoms with Crippen molar-refractivity contribution in [3.63, 3.8) is 0 Å². The van der Waals surface area contributed by atoms with Crippen LogP contribution in [0.15, 0.2) is 24.3 Å². The smallest absolute Gasteiger partial charge is 0.389 e. The third-order valence-electron chi connectivity index (χ3n) is 2.26. The van der Waals surface area contributed by atoms with E-state index in [1.54, 1.807) is 24.3 Å². The van der Waals surface area contributed by atoms with Crippen LogP contribution >= 0.6 is 0 Å². The molecule has 0 amide bonds. The molecule has 0 fully saturated rings. The molecule has 1 rings (SSSR count). The van der Waals surface area contributed by atoms with Crippen LogP contribution < -0.4 is 4.74 Å². The Hall–Kier alpha value is -1.23. The van der Waals surface area contributed by atoms with Crippen molar-refractivity contribution in [1.29, 1.82) is 0 Å². The third kappa shape index (κ3) is 5.58. The maximum atomic E-state index is 11.9. The van der Waals surface area contributed by atoms with Gasteiger partial charge in [0.2, 0.25) is 0 Å². The van der Waals surface area contributed by atoms with Gasteiger partial charge in [-0.3, -0.25) is 0 Å². The molecule has 0 saturated heterocycles. The predicted octanol–water partition coefficient (Wildman–Crippen LogP) is 3.29. The Morgan fingerprint density at radius 3 is 2.47 bits per heavy atom. The lowest BCUT2D eigenvalue weighted by Gasteiger charge is -2.10. The van der Waals surface area contributed by atoms with Crippen molar-refractivity contribution in [2.75, 3.05) is 6.61 Å². The zero-order valence-corrected chi connectivity index (χ0v) is 9.33. The van der Waals surface area contributed by atoms with Crippen molar-refractivity contribution in [3.8, 4) is 5.75 Å². The monoisotopic (exact) mass is 248 g/mol. The molecule has 0 atom stereocenters. The fraction of sp³-hybridized carbons (Fsp3) is 0.500. The molecule has 2 nitrogen and oxygen atoms in total. The quantitative estimate of drug-likeness (QED) is 0.783. The van der Waals surface area contributed by atoms with Gasteiger partial charge >= 0.3 is 6.18 Å². The summed E-state index contributed by atoms with van der Waals surface area (Å²) in [4.78, 5) is 0. The average Bonchev–Trinajstić information content (AvgIpc) is 2.27. The lowest BCUT2D eigenvalue weighted by atomic mass is 10.2. The second-order valence-electron chi connectivity index (χ2n) is 3.69. The summed E-state index contributed by atoms with van der Waals surface area (Å²) in [5.74, 6) is 0.530. The molecule has 0 aliphatic carbocycles. The minimum absolute atomic E-state index is 0.0603. The normalized spacial score (nSPS) is 11.5. The van der Waals surface area contributed by atoms with Crippen molar-refractivity contribution in [2.24, 2.45) is 0 Å². The molecule has 0 spiro atoms. The van der Waals surface area contributed by atoms with E-state index >= 15 is 0 Å². The molecule has 0 aliphatic heterocycles. The molecule has 1 N–H and O–H groups in total. The van der Waals surface area contributed by atoms with Crippen LogP contribution in [0.3, 0.4) is 0 Å². The molecule has 1 aromatic carbocycles. The summed E-state index contributed by atoms with van der Waals surface area (Å²) in [6.07, 6.45) is -4.47. The Bertz CT molecular complexity index is 337. The standard InChI is InChI=1S/C12H15F3O2/c13-12(14,15)7-3-4-8-17-11-6-2-1-5-10(11)9-16/h1-2,5-6,16H,3-4,7-9H2. The predicted molar refractivity (Wildman–Crippen MR) is 57.8 cm³/mol. The number of hydrogen-bond donors (Lipinski definition) is 1. The summed E-state index contributed by atoms with van der Waals surface area (Å²) >= 11 is 0. The molecule has 0 unspecified atom stereocenters. The van der Waals surface area contributed by atoms with Crippen LogP contribution in [0, 0.1) is 0 Å². The number of aliphatic hydroxyl groups is 1. The number of ether oxygens (including phenoxy) is 1. The summed E-state index contributed by atoms with van der Waals surface area (Å²) in [6.45, 7) is 0.0891. The highest BCUT2D eigenvalue weighted by Crippen LogP contribution is 2.23. The van der Waals surface area contributed by atoms with Gasteiger partial charge in [-0.1, -0.05) is 18.2 Å². The van der Waals surface area contributed by atoms with E-state index in [9.17, 15) is 13.2 Å². The number of rotatable bonds is 6. The van der Waals surface area contributed by atoms with Crippen molar-refractivity contribution in [1.82, 2.24) is 0 Å². The number of hydrogen-bond acceptors (Lipinski definition) is 2. The third-order valence-corrected chi connectivity index (χ3v) is 2.26.